The average molecular weight is 248 g/mol. The molecular weight excluding hydrogens is 232 g/mol. The summed E-state index contributed by atoms with van der Waals surface area (Å²) in [6.45, 7) is 0. The maximum atomic E-state index is 11.4. The van der Waals surface area contributed by atoms with Crippen LogP contribution in [0.3, 0.4) is 0 Å². The van der Waals surface area contributed by atoms with Gasteiger partial charge in [0.25, 0.3) is 0 Å². The van der Waals surface area contributed by atoms with Crippen LogP contribution in [0.2, 0.25) is 0 Å². The van der Waals surface area contributed by atoms with Crippen molar-refractivity contribution in [2.45, 2.75) is 41.9 Å². The highest BCUT2D eigenvalue weighted by atomic mass is 32.2. The minimum atomic E-state index is 0.000520. The van der Waals surface area contributed by atoms with Gasteiger partial charge in [0.1, 0.15) is 6.10 Å². The summed E-state index contributed by atoms with van der Waals surface area (Å²) in [5.74, 6) is 0.470. The van der Waals surface area contributed by atoms with Gasteiger partial charge in [-0.1, -0.05) is 24.6 Å². The minimum absolute atomic E-state index is 0.000520. The third-order valence-corrected chi connectivity index (χ3v) is 4.97. The van der Waals surface area contributed by atoms with Gasteiger partial charge in [-0.05, 0) is 25.0 Å². The maximum absolute atomic E-state index is 11.4. The van der Waals surface area contributed by atoms with E-state index in [1.807, 2.05) is 17.8 Å². The van der Waals surface area contributed by atoms with E-state index in [1.165, 1.54) is 11.3 Å². The Morgan fingerprint density at radius 2 is 2.00 bits per heavy atom. The lowest BCUT2D eigenvalue weighted by molar-refractivity contribution is -0.141. The van der Waals surface area contributed by atoms with Crippen LogP contribution in [0.1, 0.15) is 25.7 Å². The molecule has 1 aliphatic heterocycles. The fourth-order valence-electron chi connectivity index (χ4n) is 2.82. The van der Waals surface area contributed by atoms with E-state index in [9.17, 15) is 4.79 Å². The van der Waals surface area contributed by atoms with Gasteiger partial charge in [0.05, 0.1) is 6.42 Å². The SMILES string of the molecule is O=C1C[C@@H]2CCC[C@@H](Sc3ccccc3)[C@@H]2O1. The molecule has 1 saturated carbocycles. The molecule has 2 fully saturated rings. The van der Waals surface area contributed by atoms with E-state index in [2.05, 4.69) is 24.3 Å². The molecule has 1 heterocycles. The molecule has 17 heavy (non-hydrogen) atoms. The Labute approximate surface area is 106 Å². The summed E-state index contributed by atoms with van der Waals surface area (Å²) >= 11 is 1.87. The van der Waals surface area contributed by atoms with Crippen LogP contribution in [0.4, 0.5) is 0 Å². The number of ether oxygens (including phenoxy) is 1. The number of carbonyl (C=O) groups excluding carboxylic acids is 1. The Kier molecular flexibility index (Phi) is 3.10. The third-order valence-electron chi connectivity index (χ3n) is 3.62. The van der Waals surface area contributed by atoms with Crippen molar-refractivity contribution >= 4 is 17.7 Å². The van der Waals surface area contributed by atoms with Gasteiger partial charge in [0.15, 0.2) is 0 Å². The largest absolute Gasteiger partial charge is 0.461 e. The number of benzene rings is 1. The van der Waals surface area contributed by atoms with Crippen LogP contribution >= 0.6 is 11.8 Å². The van der Waals surface area contributed by atoms with Crippen molar-refractivity contribution in [3.8, 4) is 0 Å². The molecule has 3 atom stereocenters. The second-order valence-electron chi connectivity index (χ2n) is 4.82. The molecule has 90 valence electrons. The molecule has 0 unspecified atom stereocenters. The Hall–Kier alpha value is -0.960. The van der Waals surface area contributed by atoms with E-state index < -0.39 is 0 Å². The van der Waals surface area contributed by atoms with Crippen LogP contribution in [0.25, 0.3) is 0 Å². The molecule has 1 aliphatic carbocycles. The fourth-order valence-corrected chi connectivity index (χ4v) is 4.18. The number of carbonyl (C=O) groups is 1. The molecule has 0 bridgehead atoms. The zero-order valence-electron chi connectivity index (χ0n) is 9.67. The van der Waals surface area contributed by atoms with E-state index in [-0.39, 0.29) is 12.1 Å². The molecule has 1 aromatic rings. The molecule has 0 amide bonds. The molecule has 2 nitrogen and oxygen atoms in total. The van der Waals surface area contributed by atoms with Gasteiger partial charge in [0.2, 0.25) is 0 Å². The van der Waals surface area contributed by atoms with Gasteiger partial charge in [-0.15, -0.1) is 11.8 Å². The summed E-state index contributed by atoms with van der Waals surface area (Å²) in [7, 11) is 0. The number of rotatable bonds is 2. The monoisotopic (exact) mass is 248 g/mol. The van der Waals surface area contributed by atoms with E-state index >= 15 is 0 Å². The Bertz CT molecular complexity index is 404. The van der Waals surface area contributed by atoms with Gasteiger partial charge in [0, 0.05) is 16.1 Å². The highest BCUT2D eigenvalue weighted by Gasteiger charge is 2.42. The van der Waals surface area contributed by atoms with Gasteiger partial charge >= 0.3 is 5.97 Å². The molecule has 3 rings (SSSR count). The second kappa shape index (κ2) is 4.73. The first-order valence-electron chi connectivity index (χ1n) is 6.24. The van der Waals surface area contributed by atoms with Crippen LogP contribution in [0, 0.1) is 5.92 Å². The lowest BCUT2D eigenvalue weighted by Gasteiger charge is -2.31. The van der Waals surface area contributed by atoms with Crippen LogP contribution in [0.5, 0.6) is 0 Å². The topological polar surface area (TPSA) is 26.3 Å². The molecular formula is C14H16O2S. The first-order chi connectivity index (χ1) is 8.33. The zero-order chi connectivity index (χ0) is 11.7. The number of esters is 1. The molecule has 1 saturated heterocycles. The third kappa shape index (κ3) is 2.34. The van der Waals surface area contributed by atoms with Gasteiger partial charge in [-0.3, -0.25) is 4.79 Å². The molecule has 0 N–H and O–H groups in total. The number of hydrogen-bond donors (Lipinski definition) is 0. The number of hydrogen-bond acceptors (Lipinski definition) is 3. The maximum Gasteiger partial charge on any atom is 0.306 e. The lowest BCUT2D eigenvalue weighted by atomic mass is 9.86. The second-order valence-corrected chi connectivity index (χ2v) is 6.13. The lowest BCUT2D eigenvalue weighted by Crippen LogP contribution is -2.32. The fraction of sp³-hybridized carbons (Fsp3) is 0.500. The Morgan fingerprint density at radius 3 is 2.82 bits per heavy atom. The van der Waals surface area contributed by atoms with Crippen molar-refractivity contribution in [2.75, 3.05) is 0 Å². The summed E-state index contributed by atoms with van der Waals surface area (Å²) < 4.78 is 5.49. The van der Waals surface area contributed by atoms with Crippen molar-refractivity contribution in [3.05, 3.63) is 30.3 Å². The first-order valence-corrected chi connectivity index (χ1v) is 7.12. The van der Waals surface area contributed by atoms with Gasteiger partial charge in [-0.2, -0.15) is 0 Å². The normalized spacial score (nSPS) is 32.0. The van der Waals surface area contributed by atoms with E-state index in [4.69, 9.17) is 4.74 Å². The van der Waals surface area contributed by atoms with Crippen LogP contribution in [-0.2, 0) is 9.53 Å². The predicted molar refractivity (Wildman–Crippen MR) is 67.9 cm³/mol. The van der Waals surface area contributed by atoms with Crippen molar-refractivity contribution in [1.82, 2.24) is 0 Å². The standard InChI is InChI=1S/C14H16O2S/c15-13-9-10-5-4-8-12(14(10)16-13)17-11-6-2-1-3-7-11/h1-3,6-7,10,12,14H,4-5,8-9H2/t10-,12+,14+/m0/s1. The number of fused-ring (bicyclic) bond motifs is 1. The quantitative estimate of drug-likeness (QED) is 0.751. The average Bonchev–Trinajstić information content (AvgIpc) is 2.72. The number of thioether (sulfide) groups is 1. The molecule has 0 aromatic heterocycles. The Balaban J connectivity index is 1.72. The van der Waals surface area contributed by atoms with Crippen LogP contribution in [-0.4, -0.2) is 17.3 Å². The highest BCUT2D eigenvalue weighted by Crippen LogP contribution is 2.42. The Morgan fingerprint density at radius 1 is 1.18 bits per heavy atom. The van der Waals surface area contributed by atoms with Crippen LogP contribution < -0.4 is 0 Å². The van der Waals surface area contributed by atoms with Gasteiger partial charge < -0.3 is 4.74 Å². The van der Waals surface area contributed by atoms with Crippen molar-refractivity contribution in [3.63, 3.8) is 0 Å². The smallest absolute Gasteiger partial charge is 0.306 e. The molecule has 0 radical (unpaired) electrons. The van der Waals surface area contributed by atoms with E-state index in [0.29, 0.717) is 17.6 Å². The van der Waals surface area contributed by atoms with Crippen LogP contribution in [0.15, 0.2) is 35.2 Å². The molecule has 1 aromatic carbocycles. The summed E-state index contributed by atoms with van der Waals surface area (Å²) in [4.78, 5) is 12.7. The molecule has 2 aliphatic rings. The molecule has 3 heteroatoms. The summed E-state index contributed by atoms with van der Waals surface area (Å²) in [6, 6.07) is 10.4. The van der Waals surface area contributed by atoms with E-state index in [0.717, 1.165) is 12.8 Å². The predicted octanol–water partition coefficient (Wildman–Crippen LogP) is 3.26. The van der Waals surface area contributed by atoms with Crippen molar-refractivity contribution < 1.29 is 9.53 Å². The zero-order valence-corrected chi connectivity index (χ0v) is 10.5. The minimum Gasteiger partial charge on any atom is -0.461 e. The highest BCUT2D eigenvalue weighted by molar-refractivity contribution is 8.00. The first kappa shape index (κ1) is 11.1. The summed E-state index contributed by atoms with van der Waals surface area (Å²) in [5.41, 5.74) is 0. The van der Waals surface area contributed by atoms with Gasteiger partial charge in [-0.25, -0.2) is 0 Å². The van der Waals surface area contributed by atoms with Crippen molar-refractivity contribution in [2.24, 2.45) is 5.92 Å². The molecule has 0 spiro atoms. The summed E-state index contributed by atoms with van der Waals surface area (Å²) in [5, 5.41) is 0.447. The van der Waals surface area contributed by atoms with E-state index in [1.54, 1.807) is 0 Å². The summed E-state index contributed by atoms with van der Waals surface area (Å²) in [6.07, 6.45) is 4.33. The van der Waals surface area contributed by atoms with Crippen molar-refractivity contribution in [1.29, 1.82) is 0 Å².